The van der Waals surface area contributed by atoms with Crippen LogP contribution in [0.4, 0.5) is 5.69 Å². The Labute approximate surface area is 149 Å². The molecule has 0 fully saturated rings. The molecule has 0 unspecified atom stereocenters. The molecule has 0 aliphatic rings. The van der Waals surface area contributed by atoms with Crippen molar-refractivity contribution in [3.05, 3.63) is 84.7 Å². The third-order valence-electron chi connectivity index (χ3n) is 3.96. The number of tetrazole rings is 1. The van der Waals surface area contributed by atoms with Crippen molar-refractivity contribution in [1.29, 1.82) is 0 Å². The molecule has 0 aliphatic carbocycles. The number of hydrogen-bond acceptors (Lipinski definition) is 4. The molecule has 0 bridgehead atoms. The molecule has 0 saturated heterocycles. The van der Waals surface area contributed by atoms with Gasteiger partial charge in [0, 0.05) is 11.8 Å². The quantitative estimate of drug-likeness (QED) is 0.577. The molecular weight excluding hydrogens is 326 g/mol. The van der Waals surface area contributed by atoms with Crippen LogP contribution in [0.3, 0.4) is 0 Å². The van der Waals surface area contributed by atoms with Crippen molar-refractivity contribution >= 4 is 28.4 Å². The largest absolute Gasteiger partial charge is 0.322 e. The minimum Gasteiger partial charge on any atom is -0.322 e. The maximum atomic E-state index is 12.3. The summed E-state index contributed by atoms with van der Waals surface area (Å²) in [5, 5.41) is 16.2. The van der Waals surface area contributed by atoms with Gasteiger partial charge in [-0.25, -0.2) is 4.68 Å². The van der Waals surface area contributed by atoms with Crippen LogP contribution in [-0.4, -0.2) is 26.1 Å². The maximum Gasteiger partial charge on any atom is 0.248 e. The summed E-state index contributed by atoms with van der Waals surface area (Å²) in [6.07, 6.45) is 4.86. The number of amides is 1. The van der Waals surface area contributed by atoms with E-state index >= 15 is 0 Å². The van der Waals surface area contributed by atoms with E-state index in [0.29, 0.717) is 5.69 Å². The first-order chi connectivity index (χ1) is 12.8. The lowest BCUT2D eigenvalue weighted by Gasteiger charge is -2.05. The summed E-state index contributed by atoms with van der Waals surface area (Å²) in [5.74, 6) is -0.202. The zero-order chi connectivity index (χ0) is 17.8. The van der Waals surface area contributed by atoms with Crippen LogP contribution in [0.2, 0.25) is 0 Å². The molecule has 0 aliphatic heterocycles. The minimum atomic E-state index is -0.202. The van der Waals surface area contributed by atoms with E-state index in [2.05, 4.69) is 33.0 Å². The number of benzene rings is 3. The summed E-state index contributed by atoms with van der Waals surface area (Å²) < 4.78 is 1.53. The molecule has 1 heterocycles. The monoisotopic (exact) mass is 341 g/mol. The number of hydrogen-bond donors (Lipinski definition) is 1. The molecule has 4 aromatic rings. The summed E-state index contributed by atoms with van der Waals surface area (Å²) in [5.41, 5.74) is 2.44. The Balaban J connectivity index is 1.52. The molecule has 4 rings (SSSR count). The van der Waals surface area contributed by atoms with Crippen LogP contribution < -0.4 is 5.32 Å². The Morgan fingerprint density at radius 1 is 1.00 bits per heavy atom. The van der Waals surface area contributed by atoms with Crippen molar-refractivity contribution in [3.8, 4) is 5.69 Å². The maximum absolute atomic E-state index is 12.3. The smallest absolute Gasteiger partial charge is 0.248 e. The van der Waals surface area contributed by atoms with E-state index in [1.54, 1.807) is 6.07 Å². The van der Waals surface area contributed by atoms with Gasteiger partial charge in [0.15, 0.2) is 0 Å². The number of fused-ring (bicyclic) bond motifs is 1. The van der Waals surface area contributed by atoms with Gasteiger partial charge in [0.05, 0.1) is 5.69 Å². The molecule has 0 saturated carbocycles. The van der Waals surface area contributed by atoms with Crippen molar-refractivity contribution in [2.24, 2.45) is 0 Å². The summed E-state index contributed by atoms with van der Waals surface area (Å²) >= 11 is 0. The number of anilines is 1. The fourth-order valence-electron chi connectivity index (χ4n) is 2.75. The molecule has 3 aromatic carbocycles. The highest BCUT2D eigenvalue weighted by Gasteiger charge is 2.03. The zero-order valence-electron chi connectivity index (χ0n) is 13.8. The SMILES string of the molecule is O=C(C=Cc1cccc2ccccc12)Nc1cccc(-n2cnnn2)c1. The number of aromatic nitrogens is 4. The molecule has 1 amide bonds. The van der Waals surface area contributed by atoms with Crippen LogP contribution >= 0.6 is 0 Å². The molecule has 1 aromatic heterocycles. The first-order valence-electron chi connectivity index (χ1n) is 8.10. The van der Waals surface area contributed by atoms with Gasteiger partial charge in [-0.1, -0.05) is 48.5 Å². The topological polar surface area (TPSA) is 72.7 Å². The Kier molecular flexibility index (Phi) is 4.22. The van der Waals surface area contributed by atoms with Gasteiger partial charge >= 0.3 is 0 Å². The zero-order valence-corrected chi connectivity index (χ0v) is 13.8. The molecule has 0 radical (unpaired) electrons. The second kappa shape index (κ2) is 6.98. The van der Waals surface area contributed by atoms with E-state index < -0.39 is 0 Å². The van der Waals surface area contributed by atoms with Gasteiger partial charge in [0.1, 0.15) is 6.33 Å². The lowest BCUT2D eigenvalue weighted by molar-refractivity contribution is -0.111. The number of nitrogens with zero attached hydrogens (tertiary/aromatic N) is 4. The minimum absolute atomic E-state index is 0.202. The molecule has 126 valence electrons. The van der Waals surface area contributed by atoms with Gasteiger partial charge in [0.25, 0.3) is 0 Å². The van der Waals surface area contributed by atoms with E-state index in [4.69, 9.17) is 0 Å². The van der Waals surface area contributed by atoms with E-state index in [-0.39, 0.29) is 5.91 Å². The predicted molar refractivity (Wildman–Crippen MR) is 101 cm³/mol. The first-order valence-corrected chi connectivity index (χ1v) is 8.10. The highest BCUT2D eigenvalue weighted by molar-refractivity contribution is 6.03. The number of rotatable bonds is 4. The van der Waals surface area contributed by atoms with Crippen LogP contribution in [0.25, 0.3) is 22.5 Å². The lowest BCUT2D eigenvalue weighted by Crippen LogP contribution is -2.08. The summed E-state index contributed by atoms with van der Waals surface area (Å²) in [7, 11) is 0. The van der Waals surface area contributed by atoms with E-state index in [1.807, 2.05) is 54.6 Å². The van der Waals surface area contributed by atoms with E-state index in [0.717, 1.165) is 22.0 Å². The predicted octanol–water partition coefficient (Wildman–Crippen LogP) is 3.47. The summed E-state index contributed by atoms with van der Waals surface area (Å²) in [4.78, 5) is 12.3. The average Bonchev–Trinajstić information content (AvgIpc) is 3.21. The van der Waals surface area contributed by atoms with E-state index in [1.165, 1.54) is 17.1 Å². The van der Waals surface area contributed by atoms with E-state index in [9.17, 15) is 4.79 Å². The molecule has 26 heavy (non-hydrogen) atoms. The average molecular weight is 341 g/mol. The molecule has 6 nitrogen and oxygen atoms in total. The van der Waals surface area contributed by atoms with Crippen molar-refractivity contribution in [3.63, 3.8) is 0 Å². The van der Waals surface area contributed by atoms with Crippen LogP contribution in [0, 0.1) is 0 Å². The van der Waals surface area contributed by atoms with Gasteiger partial charge in [0.2, 0.25) is 5.91 Å². The van der Waals surface area contributed by atoms with Gasteiger partial charge in [-0.15, -0.1) is 5.10 Å². The highest BCUT2D eigenvalue weighted by Crippen LogP contribution is 2.20. The number of carbonyl (C=O) groups is 1. The Morgan fingerprint density at radius 3 is 2.73 bits per heavy atom. The normalized spacial score (nSPS) is 11.1. The van der Waals surface area contributed by atoms with Crippen molar-refractivity contribution < 1.29 is 4.79 Å². The van der Waals surface area contributed by atoms with Crippen LogP contribution in [0.1, 0.15) is 5.56 Å². The van der Waals surface area contributed by atoms with Crippen LogP contribution in [0.15, 0.2) is 79.1 Å². The van der Waals surface area contributed by atoms with Gasteiger partial charge in [-0.05, 0) is 51.0 Å². The van der Waals surface area contributed by atoms with Gasteiger partial charge < -0.3 is 5.32 Å². The highest BCUT2D eigenvalue weighted by atomic mass is 16.1. The van der Waals surface area contributed by atoms with Crippen molar-refractivity contribution in [2.75, 3.05) is 5.32 Å². The fraction of sp³-hybridized carbons (Fsp3) is 0. The van der Waals surface area contributed by atoms with Gasteiger partial charge in [-0.3, -0.25) is 4.79 Å². The first kappa shape index (κ1) is 15.7. The summed E-state index contributed by atoms with van der Waals surface area (Å²) in [6, 6.07) is 21.4. The third kappa shape index (κ3) is 3.34. The Morgan fingerprint density at radius 2 is 1.85 bits per heavy atom. The second-order valence-electron chi connectivity index (χ2n) is 5.70. The Bertz CT molecular complexity index is 1080. The lowest BCUT2D eigenvalue weighted by atomic mass is 10.0. The molecular formula is C20H15N5O. The second-order valence-corrected chi connectivity index (χ2v) is 5.70. The van der Waals surface area contributed by atoms with Crippen LogP contribution in [-0.2, 0) is 4.79 Å². The third-order valence-corrected chi connectivity index (χ3v) is 3.96. The fourth-order valence-corrected chi connectivity index (χ4v) is 2.75. The summed E-state index contributed by atoms with van der Waals surface area (Å²) in [6.45, 7) is 0. The molecule has 6 heteroatoms. The standard InChI is InChI=1S/C20H15N5O/c26-20(12-11-16-7-3-6-15-5-1-2-10-19(15)16)22-17-8-4-9-18(13-17)25-14-21-23-24-25/h1-14H,(H,22,26). The molecule has 1 N–H and O–H groups in total. The number of carbonyl (C=O) groups excluding carboxylic acids is 1. The van der Waals surface area contributed by atoms with Crippen molar-refractivity contribution in [2.45, 2.75) is 0 Å². The van der Waals surface area contributed by atoms with Crippen molar-refractivity contribution in [1.82, 2.24) is 20.2 Å². The number of nitrogens with one attached hydrogen (secondary N) is 1. The Hall–Kier alpha value is -3.80. The molecule has 0 atom stereocenters. The van der Waals surface area contributed by atoms with Gasteiger partial charge in [-0.2, -0.15) is 0 Å². The molecule has 0 spiro atoms. The van der Waals surface area contributed by atoms with Crippen LogP contribution in [0.5, 0.6) is 0 Å².